The van der Waals surface area contributed by atoms with E-state index in [4.69, 9.17) is 16.3 Å². The Morgan fingerprint density at radius 1 is 1.50 bits per heavy atom. The molecule has 0 aliphatic carbocycles. The predicted octanol–water partition coefficient (Wildman–Crippen LogP) is 2.61. The summed E-state index contributed by atoms with van der Waals surface area (Å²) >= 11 is 6.09. The standard InChI is InChI=1S/C12H12ClN3O2/c1-3-18-12(17)9-6-4-5-8(14-9)11-10(13)7(2)15-16-11/h4-6H,3H2,1-2H3,(H,15,16). The van der Waals surface area contributed by atoms with Gasteiger partial charge in [0.15, 0.2) is 0 Å². The fourth-order valence-electron chi connectivity index (χ4n) is 1.47. The molecule has 2 aromatic rings. The number of nitrogens with one attached hydrogen (secondary N) is 1. The Labute approximate surface area is 109 Å². The van der Waals surface area contributed by atoms with E-state index in [9.17, 15) is 4.79 Å². The van der Waals surface area contributed by atoms with Crippen LogP contribution >= 0.6 is 11.6 Å². The first-order valence-corrected chi connectivity index (χ1v) is 5.86. The molecule has 5 nitrogen and oxygen atoms in total. The molecule has 2 rings (SSSR count). The number of aryl methyl sites for hydroxylation is 1. The largest absolute Gasteiger partial charge is 0.461 e. The van der Waals surface area contributed by atoms with Crippen molar-refractivity contribution in [3.05, 3.63) is 34.6 Å². The number of nitrogens with zero attached hydrogens (tertiary/aromatic N) is 2. The second kappa shape index (κ2) is 5.18. The van der Waals surface area contributed by atoms with E-state index in [0.717, 1.165) is 5.69 Å². The van der Waals surface area contributed by atoms with E-state index < -0.39 is 5.97 Å². The summed E-state index contributed by atoms with van der Waals surface area (Å²) in [5.41, 5.74) is 2.07. The van der Waals surface area contributed by atoms with Gasteiger partial charge in [0.25, 0.3) is 0 Å². The van der Waals surface area contributed by atoms with Gasteiger partial charge in [0, 0.05) is 0 Å². The average molecular weight is 266 g/mol. The van der Waals surface area contributed by atoms with E-state index in [2.05, 4.69) is 15.2 Å². The van der Waals surface area contributed by atoms with Gasteiger partial charge in [0.1, 0.15) is 11.4 Å². The zero-order valence-corrected chi connectivity index (χ0v) is 10.8. The molecule has 0 fully saturated rings. The molecule has 0 amide bonds. The molecule has 1 N–H and O–H groups in total. The first-order valence-electron chi connectivity index (χ1n) is 5.48. The Hall–Kier alpha value is -1.88. The van der Waals surface area contributed by atoms with Crippen LogP contribution in [0, 0.1) is 6.92 Å². The zero-order valence-electron chi connectivity index (χ0n) is 10.0. The van der Waals surface area contributed by atoms with Crippen LogP contribution in [-0.2, 0) is 4.74 Å². The van der Waals surface area contributed by atoms with Crippen LogP contribution in [-0.4, -0.2) is 27.8 Å². The van der Waals surface area contributed by atoms with E-state index in [1.165, 1.54) is 0 Å². The Kier molecular flexibility index (Phi) is 3.62. The number of pyridine rings is 1. The molecule has 0 saturated carbocycles. The topological polar surface area (TPSA) is 67.9 Å². The predicted molar refractivity (Wildman–Crippen MR) is 67.5 cm³/mol. The Morgan fingerprint density at radius 2 is 2.28 bits per heavy atom. The van der Waals surface area contributed by atoms with Gasteiger partial charge in [-0.3, -0.25) is 5.10 Å². The van der Waals surface area contributed by atoms with Gasteiger partial charge in [-0.1, -0.05) is 17.7 Å². The SMILES string of the molecule is CCOC(=O)c1cccc(-c2n[nH]c(C)c2Cl)n1. The van der Waals surface area contributed by atoms with Crippen molar-refractivity contribution in [2.24, 2.45) is 0 Å². The number of hydrogen-bond acceptors (Lipinski definition) is 4. The lowest BCUT2D eigenvalue weighted by atomic mass is 10.2. The molecule has 0 spiro atoms. The van der Waals surface area contributed by atoms with Crippen LogP contribution in [0.1, 0.15) is 23.1 Å². The third-order valence-electron chi connectivity index (χ3n) is 2.35. The Balaban J connectivity index is 2.38. The molecule has 0 unspecified atom stereocenters. The van der Waals surface area contributed by atoms with Gasteiger partial charge >= 0.3 is 5.97 Å². The molecule has 0 aromatic carbocycles. The summed E-state index contributed by atoms with van der Waals surface area (Å²) in [6.07, 6.45) is 0. The highest BCUT2D eigenvalue weighted by Crippen LogP contribution is 2.26. The van der Waals surface area contributed by atoms with Crippen LogP contribution in [0.3, 0.4) is 0 Å². The maximum Gasteiger partial charge on any atom is 0.356 e. The molecule has 18 heavy (non-hydrogen) atoms. The lowest BCUT2D eigenvalue weighted by Gasteiger charge is -2.02. The minimum Gasteiger partial charge on any atom is -0.461 e. The number of H-pyrrole nitrogens is 1. The lowest BCUT2D eigenvalue weighted by molar-refractivity contribution is 0.0519. The van der Waals surface area contributed by atoms with Crippen molar-refractivity contribution in [3.8, 4) is 11.4 Å². The van der Waals surface area contributed by atoms with Crippen molar-refractivity contribution >= 4 is 17.6 Å². The van der Waals surface area contributed by atoms with Crippen molar-refractivity contribution in [3.63, 3.8) is 0 Å². The fourth-order valence-corrected chi connectivity index (χ4v) is 1.65. The Morgan fingerprint density at radius 3 is 2.89 bits per heavy atom. The van der Waals surface area contributed by atoms with Gasteiger partial charge in [-0.2, -0.15) is 5.10 Å². The highest BCUT2D eigenvalue weighted by Gasteiger charge is 2.14. The third kappa shape index (κ3) is 2.36. The number of hydrogen-bond donors (Lipinski definition) is 1. The van der Waals surface area contributed by atoms with Crippen LogP contribution in [0.25, 0.3) is 11.4 Å². The van der Waals surface area contributed by atoms with Crippen LogP contribution in [0.2, 0.25) is 5.02 Å². The zero-order chi connectivity index (χ0) is 13.1. The van der Waals surface area contributed by atoms with Gasteiger partial charge in [-0.05, 0) is 26.0 Å². The Bertz CT molecular complexity index is 580. The van der Waals surface area contributed by atoms with E-state index in [1.807, 2.05) is 6.92 Å². The summed E-state index contributed by atoms with van der Waals surface area (Å²) in [6.45, 7) is 3.87. The van der Waals surface area contributed by atoms with Gasteiger partial charge < -0.3 is 4.74 Å². The number of carbonyl (C=O) groups excluding carboxylic acids is 1. The van der Waals surface area contributed by atoms with E-state index in [0.29, 0.717) is 23.0 Å². The van der Waals surface area contributed by atoms with Gasteiger partial charge in [0.05, 0.1) is 23.0 Å². The molecule has 0 aliphatic heterocycles. The summed E-state index contributed by atoms with van der Waals surface area (Å²) in [4.78, 5) is 15.8. The summed E-state index contributed by atoms with van der Waals surface area (Å²) < 4.78 is 4.89. The minimum atomic E-state index is -0.456. The number of halogens is 1. The monoisotopic (exact) mass is 265 g/mol. The molecule has 0 bridgehead atoms. The number of ether oxygens (including phenoxy) is 1. The molecule has 2 aromatic heterocycles. The molecular weight excluding hydrogens is 254 g/mol. The molecule has 94 valence electrons. The van der Waals surface area contributed by atoms with Crippen LogP contribution in [0.15, 0.2) is 18.2 Å². The first kappa shape index (κ1) is 12.6. The van der Waals surface area contributed by atoms with Gasteiger partial charge in [-0.15, -0.1) is 0 Å². The summed E-state index contributed by atoms with van der Waals surface area (Å²) in [5, 5.41) is 7.33. The number of carbonyl (C=O) groups is 1. The van der Waals surface area contributed by atoms with Crippen molar-refractivity contribution in [2.45, 2.75) is 13.8 Å². The second-order valence-electron chi connectivity index (χ2n) is 3.64. The average Bonchev–Trinajstić information content (AvgIpc) is 2.71. The van der Waals surface area contributed by atoms with Crippen LogP contribution < -0.4 is 0 Å². The molecule has 0 radical (unpaired) electrons. The fraction of sp³-hybridized carbons (Fsp3) is 0.250. The summed E-state index contributed by atoms with van der Waals surface area (Å²) in [6, 6.07) is 5.05. The minimum absolute atomic E-state index is 0.242. The lowest BCUT2D eigenvalue weighted by Crippen LogP contribution is -2.07. The second-order valence-corrected chi connectivity index (χ2v) is 4.02. The van der Waals surface area contributed by atoms with Crippen molar-refractivity contribution in [2.75, 3.05) is 6.61 Å². The number of rotatable bonds is 3. The van der Waals surface area contributed by atoms with Gasteiger partial charge in [-0.25, -0.2) is 9.78 Å². The maximum atomic E-state index is 11.6. The quantitative estimate of drug-likeness (QED) is 0.866. The number of aromatic amines is 1. The number of aromatic nitrogens is 3. The molecule has 0 atom stereocenters. The molecule has 6 heteroatoms. The first-order chi connectivity index (χ1) is 8.63. The number of esters is 1. The highest BCUT2D eigenvalue weighted by molar-refractivity contribution is 6.33. The molecule has 0 saturated heterocycles. The van der Waals surface area contributed by atoms with Crippen molar-refractivity contribution in [1.82, 2.24) is 15.2 Å². The van der Waals surface area contributed by atoms with Gasteiger partial charge in [0.2, 0.25) is 0 Å². The highest BCUT2D eigenvalue weighted by atomic mass is 35.5. The normalized spacial score (nSPS) is 10.4. The van der Waals surface area contributed by atoms with E-state index >= 15 is 0 Å². The van der Waals surface area contributed by atoms with Crippen molar-refractivity contribution in [1.29, 1.82) is 0 Å². The van der Waals surface area contributed by atoms with Crippen LogP contribution in [0.4, 0.5) is 0 Å². The third-order valence-corrected chi connectivity index (χ3v) is 2.81. The molecule has 0 aliphatic rings. The maximum absolute atomic E-state index is 11.6. The summed E-state index contributed by atoms with van der Waals surface area (Å²) in [7, 11) is 0. The van der Waals surface area contributed by atoms with E-state index in [1.54, 1.807) is 25.1 Å². The molecule has 2 heterocycles. The smallest absolute Gasteiger partial charge is 0.356 e. The summed E-state index contributed by atoms with van der Waals surface area (Å²) in [5.74, 6) is -0.456. The van der Waals surface area contributed by atoms with Crippen molar-refractivity contribution < 1.29 is 9.53 Å². The van der Waals surface area contributed by atoms with E-state index in [-0.39, 0.29) is 5.69 Å². The van der Waals surface area contributed by atoms with Crippen LogP contribution in [0.5, 0.6) is 0 Å². The molecular formula is C12H12ClN3O2.